The van der Waals surface area contributed by atoms with E-state index in [2.05, 4.69) is 0 Å². The molecule has 11 heteroatoms. The van der Waals surface area contributed by atoms with Crippen LogP contribution >= 0.6 is 0 Å². The van der Waals surface area contributed by atoms with Crippen LogP contribution in [0, 0.1) is 27.7 Å². The first-order valence-electron chi connectivity index (χ1n) is 14.6. The van der Waals surface area contributed by atoms with E-state index < -0.39 is 24.1 Å². The molecular weight excluding hydrogens is 673 g/mol. The molecule has 0 saturated carbocycles. The van der Waals surface area contributed by atoms with E-state index in [1.807, 2.05) is 39.8 Å². The zero-order valence-corrected chi connectivity index (χ0v) is 30.4. The molecule has 0 radical (unpaired) electrons. The summed E-state index contributed by atoms with van der Waals surface area (Å²) < 4.78 is 0. The minimum absolute atomic E-state index is 0. The standard InChI is InChI=1S/C34H36N4O6.Cd/c1-15-21(7-9-31(41)42)27-14-28-22(8-10-32(43)44)16(2)24(36-28)12-29-34(20(6)40)18(4)26(38-29)13-30-33(19(5)39)17(3)25(37-30)11-23(15)35-27;/h11-14,19-20,39-40H,7-10H2,1-6H3,(H,41,42)(H,43,44);/q-4;/b23-11-,24-12?,25-11?,26-13-,27-14-,28-14?,29-12-,30-13?;. The number of aromatic nitrogens is 4. The Hall–Kier alpha value is -3.62. The number of carboxylic acids is 2. The van der Waals surface area contributed by atoms with Gasteiger partial charge in [0, 0.05) is 40.1 Å². The zero-order valence-electron chi connectivity index (χ0n) is 26.4. The summed E-state index contributed by atoms with van der Waals surface area (Å²) in [4.78, 5) is 42.6. The second-order valence-corrected chi connectivity index (χ2v) is 11.5. The van der Waals surface area contributed by atoms with Gasteiger partial charge in [-0.2, -0.15) is 0 Å². The SMILES string of the molecule is Cc1c2[n-]c(c1CCC(=O)O)/C=c1\[n-]/c(c(C)c1CCC(=O)O)=C\c1[n-]c(c(C(C)O)c1C)/C=c1\[n-]/c(c(C(C)O)c1C)=C\2.[Cd]. The van der Waals surface area contributed by atoms with E-state index in [1.54, 1.807) is 26.0 Å². The van der Waals surface area contributed by atoms with Gasteiger partial charge in [0.05, 0.1) is 12.2 Å². The molecule has 2 atom stereocenters. The minimum atomic E-state index is -0.931. The molecular formula is C34H36CdN4O6-4. The predicted molar refractivity (Wildman–Crippen MR) is 164 cm³/mol. The number of hydrogen-bond acceptors (Lipinski definition) is 4. The van der Waals surface area contributed by atoms with Crippen LogP contribution in [0.5, 0.6) is 0 Å². The molecule has 0 spiro atoms. The van der Waals surface area contributed by atoms with Gasteiger partial charge in [0.1, 0.15) is 0 Å². The van der Waals surface area contributed by atoms with E-state index in [9.17, 15) is 30.0 Å². The normalized spacial score (nSPS) is 16.5. The van der Waals surface area contributed by atoms with Crippen LogP contribution in [0.4, 0.5) is 0 Å². The van der Waals surface area contributed by atoms with Gasteiger partial charge in [-0.1, -0.05) is 57.7 Å². The van der Waals surface area contributed by atoms with Crippen LogP contribution in [0.3, 0.4) is 0 Å². The van der Waals surface area contributed by atoms with Crippen molar-refractivity contribution in [3.63, 3.8) is 0 Å². The molecule has 4 N–H and O–H groups in total. The molecule has 0 saturated heterocycles. The quantitative estimate of drug-likeness (QED) is 0.167. The second-order valence-electron chi connectivity index (χ2n) is 11.5. The van der Waals surface area contributed by atoms with Gasteiger partial charge in [-0.05, 0) is 65.5 Å². The number of carbonyl (C=O) groups is 2. The van der Waals surface area contributed by atoms with Gasteiger partial charge >= 0.3 is 11.9 Å². The average Bonchev–Trinajstić information content (AvgIpc) is 3.59. The Bertz CT molecular complexity index is 2040. The molecule has 0 fully saturated rings. The van der Waals surface area contributed by atoms with Crippen LogP contribution in [0.25, 0.3) is 24.3 Å². The largest absolute Gasteiger partial charge is 0.657 e. The number of rotatable bonds is 8. The Balaban J connectivity index is 0.00000461. The maximum atomic E-state index is 11.5. The summed E-state index contributed by atoms with van der Waals surface area (Å²) in [6.45, 7) is 10.9. The molecule has 5 rings (SSSR count). The summed E-state index contributed by atoms with van der Waals surface area (Å²) in [5.41, 5.74) is 8.32. The first kappa shape index (κ1) is 34.3. The third-order valence-electron chi connectivity index (χ3n) is 8.49. The number of hydrogen-bond donors (Lipinski definition) is 4. The van der Waals surface area contributed by atoms with Gasteiger partial charge in [-0.3, -0.25) is 9.59 Å². The summed E-state index contributed by atoms with van der Waals surface area (Å²) in [5, 5.41) is 42.7. The van der Waals surface area contributed by atoms with Gasteiger partial charge in [-0.15, -0.1) is 44.2 Å². The molecule has 1 aliphatic heterocycles. The monoisotopic (exact) mass is 710 g/mol. The van der Waals surface area contributed by atoms with Crippen molar-refractivity contribution in [2.45, 2.75) is 79.4 Å². The third kappa shape index (κ3) is 6.68. The number of fused-ring (bicyclic) bond motifs is 8. The van der Waals surface area contributed by atoms with Crippen LogP contribution < -0.4 is 41.3 Å². The van der Waals surface area contributed by atoms with Crippen LogP contribution in [0.15, 0.2) is 0 Å². The van der Waals surface area contributed by atoms with E-state index in [0.717, 1.165) is 33.4 Å². The van der Waals surface area contributed by atoms with Gasteiger partial charge < -0.3 is 40.4 Å². The topological polar surface area (TPSA) is 171 Å². The van der Waals surface area contributed by atoms with Crippen LogP contribution in [0.2, 0.25) is 0 Å². The predicted octanol–water partition coefficient (Wildman–Crippen LogP) is 0.516. The molecule has 2 unspecified atom stereocenters. The Labute approximate surface area is 280 Å². The van der Waals surface area contributed by atoms with Crippen molar-refractivity contribution in [1.29, 1.82) is 0 Å². The number of aliphatic hydroxyl groups excluding tert-OH is 2. The Morgan fingerprint density at radius 2 is 1.04 bits per heavy atom. The Morgan fingerprint density at radius 3 is 1.64 bits per heavy atom. The van der Waals surface area contributed by atoms with Crippen molar-refractivity contribution in [3.05, 3.63) is 88.7 Å². The van der Waals surface area contributed by atoms with Crippen molar-refractivity contribution >= 4 is 36.2 Å². The summed E-state index contributed by atoms with van der Waals surface area (Å²) >= 11 is 0. The summed E-state index contributed by atoms with van der Waals surface area (Å²) in [6, 6.07) is 0. The molecule has 5 heterocycles. The smallest absolute Gasteiger partial charge is 0.303 e. The number of aliphatic carboxylic acids is 2. The van der Waals surface area contributed by atoms with E-state index in [4.69, 9.17) is 19.9 Å². The van der Waals surface area contributed by atoms with Crippen molar-refractivity contribution in [2.75, 3.05) is 0 Å². The van der Waals surface area contributed by atoms with E-state index in [-0.39, 0.29) is 53.0 Å². The zero-order chi connectivity index (χ0) is 32.0. The Kier molecular flexibility index (Phi) is 10.2. The molecule has 4 aromatic rings. The fourth-order valence-corrected chi connectivity index (χ4v) is 6.15. The van der Waals surface area contributed by atoms with Crippen molar-refractivity contribution in [1.82, 2.24) is 19.9 Å². The van der Waals surface area contributed by atoms with E-state index >= 15 is 0 Å². The van der Waals surface area contributed by atoms with Crippen molar-refractivity contribution in [3.8, 4) is 0 Å². The summed E-state index contributed by atoms with van der Waals surface area (Å²) in [5.74, 6) is -1.86. The molecule has 10 nitrogen and oxygen atoms in total. The molecule has 0 aliphatic carbocycles. The van der Waals surface area contributed by atoms with E-state index in [0.29, 0.717) is 55.3 Å². The summed E-state index contributed by atoms with van der Waals surface area (Å²) in [7, 11) is 0. The summed E-state index contributed by atoms with van der Waals surface area (Å²) in [6.07, 6.45) is 5.93. The van der Waals surface area contributed by atoms with Gasteiger partial charge in [0.15, 0.2) is 0 Å². The van der Waals surface area contributed by atoms with Crippen LogP contribution in [-0.2, 0) is 49.7 Å². The molecule has 1 aliphatic rings. The maximum absolute atomic E-state index is 11.5. The van der Waals surface area contributed by atoms with Gasteiger partial charge in [-0.25, -0.2) is 0 Å². The Morgan fingerprint density at radius 1 is 0.578 bits per heavy atom. The number of aliphatic hydroxyl groups is 2. The third-order valence-corrected chi connectivity index (χ3v) is 8.49. The first-order chi connectivity index (χ1) is 20.8. The minimum Gasteiger partial charge on any atom is -0.657 e. The van der Waals surface area contributed by atoms with Gasteiger partial charge in [0.25, 0.3) is 0 Å². The van der Waals surface area contributed by atoms with Crippen molar-refractivity contribution in [2.24, 2.45) is 0 Å². The molecule has 0 aromatic carbocycles. The second kappa shape index (κ2) is 13.4. The van der Waals surface area contributed by atoms with E-state index in [1.165, 1.54) is 0 Å². The van der Waals surface area contributed by atoms with Gasteiger partial charge in [0.2, 0.25) is 0 Å². The number of carboxylic acid groups (broad SMARTS) is 2. The molecule has 4 aromatic heterocycles. The van der Waals surface area contributed by atoms with Crippen LogP contribution in [-0.4, -0.2) is 32.4 Å². The molecule has 0 amide bonds. The van der Waals surface area contributed by atoms with Crippen molar-refractivity contribution < 1.29 is 57.3 Å². The fraction of sp³-hybridized carbons (Fsp3) is 0.353. The number of nitrogens with zero attached hydrogens (tertiary/aromatic N) is 4. The molecule has 8 bridgehead atoms. The average molecular weight is 709 g/mol. The fourth-order valence-electron chi connectivity index (χ4n) is 6.15. The molecule has 45 heavy (non-hydrogen) atoms. The first-order valence-corrected chi connectivity index (χ1v) is 14.6. The molecule has 234 valence electrons. The van der Waals surface area contributed by atoms with Crippen LogP contribution in [0.1, 0.15) is 106 Å². The maximum Gasteiger partial charge on any atom is 0.303 e.